The Kier molecular flexibility index (Phi) is 5.85. The van der Waals surface area contributed by atoms with Crippen LogP contribution in [0.25, 0.3) is 0 Å². The van der Waals surface area contributed by atoms with Crippen LogP contribution in [0.3, 0.4) is 0 Å². The highest BCUT2D eigenvalue weighted by molar-refractivity contribution is 5.95. The molecule has 1 N–H and O–H groups in total. The first-order valence-corrected chi connectivity index (χ1v) is 8.30. The Morgan fingerprint density at radius 1 is 1.43 bits per heavy atom. The second-order valence-corrected chi connectivity index (χ2v) is 5.88. The fraction of sp³-hybridized carbons (Fsp3) is 0.706. The molecule has 1 amide bonds. The smallest absolute Gasteiger partial charge is 0.257 e. The van der Waals surface area contributed by atoms with Crippen molar-refractivity contribution in [2.75, 3.05) is 19.6 Å². The van der Waals surface area contributed by atoms with Gasteiger partial charge in [-0.15, -0.1) is 0 Å². The van der Waals surface area contributed by atoms with Gasteiger partial charge < -0.3 is 14.6 Å². The molecule has 0 saturated carbocycles. The van der Waals surface area contributed by atoms with Gasteiger partial charge in [0.15, 0.2) is 0 Å². The molecule has 21 heavy (non-hydrogen) atoms. The second kappa shape index (κ2) is 7.64. The highest BCUT2D eigenvalue weighted by atomic mass is 16.3. The number of nitrogens with one attached hydrogen (secondary N) is 1. The highest BCUT2D eigenvalue weighted by Gasteiger charge is 2.31. The molecule has 0 spiro atoms. The van der Waals surface area contributed by atoms with Crippen LogP contribution >= 0.6 is 0 Å². The lowest BCUT2D eigenvalue weighted by atomic mass is 9.89. The van der Waals surface area contributed by atoms with E-state index in [1.54, 1.807) is 6.26 Å². The number of hydrogen-bond acceptors (Lipinski definition) is 3. The number of carbonyl (C=O) groups excluding carboxylic acids is 1. The van der Waals surface area contributed by atoms with Crippen molar-refractivity contribution < 1.29 is 9.21 Å². The molecular weight excluding hydrogens is 264 g/mol. The van der Waals surface area contributed by atoms with Crippen LogP contribution < -0.4 is 5.32 Å². The summed E-state index contributed by atoms with van der Waals surface area (Å²) in [6.07, 6.45) is 5.70. The minimum Gasteiger partial charge on any atom is -0.469 e. The van der Waals surface area contributed by atoms with Crippen LogP contribution in [0.2, 0.25) is 0 Å². The van der Waals surface area contributed by atoms with E-state index in [1.807, 2.05) is 17.9 Å². The second-order valence-electron chi connectivity index (χ2n) is 5.88. The van der Waals surface area contributed by atoms with Crippen molar-refractivity contribution in [1.29, 1.82) is 0 Å². The van der Waals surface area contributed by atoms with Gasteiger partial charge in [-0.3, -0.25) is 4.79 Å². The Labute approximate surface area is 127 Å². The third kappa shape index (κ3) is 3.67. The lowest BCUT2D eigenvalue weighted by molar-refractivity contribution is 0.0624. The van der Waals surface area contributed by atoms with E-state index in [9.17, 15) is 4.79 Å². The number of aryl methyl sites for hydroxylation is 1. The Bertz CT molecular complexity index is 455. The van der Waals surface area contributed by atoms with Crippen molar-refractivity contribution in [2.45, 2.75) is 52.5 Å². The van der Waals surface area contributed by atoms with E-state index < -0.39 is 0 Å². The third-order valence-electron chi connectivity index (χ3n) is 4.50. The van der Waals surface area contributed by atoms with Crippen LogP contribution in [0.4, 0.5) is 0 Å². The first-order valence-electron chi connectivity index (χ1n) is 8.30. The molecule has 1 aliphatic heterocycles. The molecule has 0 aliphatic carbocycles. The molecule has 1 aromatic heterocycles. The molecule has 4 nitrogen and oxygen atoms in total. The molecule has 4 heteroatoms. The van der Waals surface area contributed by atoms with Gasteiger partial charge in [0.2, 0.25) is 0 Å². The number of carbonyl (C=O) groups is 1. The van der Waals surface area contributed by atoms with E-state index in [4.69, 9.17) is 4.42 Å². The summed E-state index contributed by atoms with van der Waals surface area (Å²) < 4.78 is 5.39. The first kappa shape index (κ1) is 16.1. The lowest BCUT2D eigenvalue weighted by Crippen LogP contribution is -2.51. The molecule has 0 radical (unpaired) electrons. The summed E-state index contributed by atoms with van der Waals surface area (Å²) in [6, 6.07) is 2.36. The van der Waals surface area contributed by atoms with Gasteiger partial charge >= 0.3 is 0 Å². The zero-order valence-corrected chi connectivity index (χ0v) is 13.5. The van der Waals surface area contributed by atoms with E-state index in [1.165, 1.54) is 0 Å². The van der Waals surface area contributed by atoms with Crippen molar-refractivity contribution in [3.05, 3.63) is 23.7 Å². The van der Waals surface area contributed by atoms with Gasteiger partial charge in [0.05, 0.1) is 11.8 Å². The highest BCUT2D eigenvalue weighted by Crippen LogP contribution is 2.23. The summed E-state index contributed by atoms with van der Waals surface area (Å²) in [5.41, 5.74) is 0.743. The van der Waals surface area contributed by atoms with Gasteiger partial charge in [0, 0.05) is 25.6 Å². The summed E-state index contributed by atoms with van der Waals surface area (Å²) in [7, 11) is 0. The van der Waals surface area contributed by atoms with Gasteiger partial charge in [-0.2, -0.15) is 0 Å². The molecule has 2 rings (SSSR count). The average Bonchev–Trinajstić information content (AvgIpc) is 3.00. The molecular formula is C17H28N2O2. The molecule has 2 unspecified atom stereocenters. The first-order chi connectivity index (χ1) is 10.2. The zero-order valence-electron chi connectivity index (χ0n) is 13.5. The standard InChI is InChI=1S/C17H28N2O2/c1-4-9-18-15-7-10-19(12-13(15)5-2)17(20)14-8-11-21-16(14)6-3/h8,11,13,15,18H,4-7,9-10,12H2,1-3H3. The average molecular weight is 292 g/mol. The normalized spacial score (nSPS) is 22.5. The number of hydrogen-bond donors (Lipinski definition) is 1. The van der Waals surface area contributed by atoms with E-state index in [0.717, 1.165) is 56.6 Å². The number of rotatable bonds is 6. The third-order valence-corrected chi connectivity index (χ3v) is 4.50. The molecule has 118 valence electrons. The quantitative estimate of drug-likeness (QED) is 0.876. The fourth-order valence-electron chi connectivity index (χ4n) is 3.20. The molecule has 1 aromatic rings. The Hall–Kier alpha value is -1.29. The summed E-state index contributed by atoms with van der Waals surface area (Å²) >= 11 is 0. The van der Waals surface area contributed by atoms with Crippen molar-refractivity contribution in [3.8, 4) is 0 Å². The van der Waals surface area contributed by atoms with Gasteiger partial charge in [0.25, 0.3) is 5.91 Å². The minimum absolute atomic E-state index is 0.132. The van der Waals surface area contributed by atoms with E-state index in [0.29, 0.717) is 12.0 Å². The van der Waals surface area contributed by atoms with Crippen LogP contribution in [0, 0.1) is 5.92 Å². The van der Waals surface area contributed by atoms with Gasteiger partial charge in [-0.05, 0) is 31.4 Å². The fourth-order valence-corrected chi connectivity index (χ4v) is 3.20. The predicted molar refractivity (Wildman–Crippen MR) is 84.5 cm³/mol. The maximum Gasteiger partial charge on any atom is 0.257 e. The van der Waals surface area contributed by atoms with Crippen molar-refractivity contribution in [1.82, 2.24) is 10.2 Å². The molecule has 1 fully saturated rings. The topological polar surface area (TPSA) is 45.5 Å². The van der Waals surface area contributed by atoms with Crippen molar-refractivity contribution in [3.63, 3.8) is 0 Å². The summed E-state index contributed by atoms with van der Waals surface area (Å²) in [4.78, 5) is 14.7. The van der Waals surface area contributed by atoms with Crippen LogP contribution in [0.5, 0.6) is 0 Å². The van der Waals surface area contributed by atoms with Crippen LogP contribution in [0.15, 0.2) is 16.7 Å². The Balaban J connectivity index is 2.01. The van der Waals surface area contributed by atoms with Crippen LogP contribution in [0.1, 0.15) is 56.2 Å². The van der Waals surface area contributed by atoms with Crippen molar-refractivity contribution >= 4 is 5.91 Å². The summed E-state index contributed by atoms with van der Waals surface area (Å²) in [5, 5.41) is 3.63. The van der Waals surface area contributed by atoms with E-state index in [-0.39, 0.29) is 5.91 Å². The molecule has 0 bridgehead atoms. The zero-order chi connectivity index (χ0) is 15.2. The molecule has 1 aliphatic rings. The van der Waals surface area contributed by atoms with Gasteiger partial charge in [0.1, 0.15) is 5.76 Å². The number of amides is 1. The molecule has 2 atom stereocenters. The van der Waals surface area contributed by atoms with Gasteiger partial charge in [-0.1, -0.05) is 27.2 Å². The SMILES string of the molecule is CCCNC1CCN(C(=O)c2ccoc2CC)CC1CC. The number of likely N-dealkylation sites (tertiary alicyclic amines) is 1. The summed E-state index contributed by atoms with van der Waals surface area (Å²) in [6.45, 7) is 9.19. The van der Waals surface area contributed by atoms with Crippen LogP contribution in [-0.2, 0) is 6.42 Å². The van der Waals surface area contributed by atoms with Crippen molar-refractivity contribution in [2.24, 2.45) is 5.92 Å². The Morgan fingerprint density at radius 3 is 2.90 bits per heavy atom. The minimum atomic E-state index is 0.132. The molecule has 2 heterocycles. The summed E-state index contributed by atoms with van der Waals surface area (Å²) in [5.74, 6) is 1.48. The van der Waals surface area contributed by atoms with E-state index in [2.05, 4.69) is 19.2 Å². The maximum absolute atomic E-state index is 12.7. The maximum atomic E-state index is 12.7. The molecule has 0 aromatic carbocycles. The number of furan rings is 1. The monoisotopic (exact) mass is 292 g/mol. The van der Waals surface area contributed by atoms with Gasteiger partial charge in [-0.25, -0.2) is 0 Å². The van der Waals surface area contributed by atoms with E-state index >= 15 is 0 Å². The predicted octanol–water partition coefficient (Wildman–Crippen LogP) is 3.08. The lowest BCUT2D eigenvalue weighted by Gasteiger charge is -2.38. The van der Waals surface area contributed by atoms with Crippen LogP contribution in [-0.4, -0.2) is 36.5 Å². The number of piperidine rings is 1. The molecule has 1 saturated heterocycles. The Morgan fingerprint density at radius 2 is 2.24 bits per heavy atom. The number of nitrogens with zero attached hydrogens (tertiary/aromatic N) is 1. The largest absolute Gasteiger partial charge is 0.469 e.